The molecule has 22 heavy (non-hydrogen) atoms. The summed E-state index contributed by atoms with van der Waals surface area (Å²) in [5.74, 6) is 1.10. The third-order valence-electron chi connectivity index (χ3n) is 3.54. The molecule has 0 atom stereocenters. The monoisotopic (exact) mass is 324 g/mol. The van der Waals surface area contributed by atoms with E-state index < -0.39 is 0 Å². The molecule has 3 aromatic carbocycles. The van der Waals surface area contributed by atoms with Crippen LogP contribution in [0.3, 0.4) is 0 Å². The Morgan fingerprint density at radius 1 is 0.727 bits per heavy atom. The van der Waals surface area contributed by atoms with Crippen LogP contribution in [0.1, 0.15) is 6.92 Å². The maximum atomic E-state index is 5.94. The third-order valence-corrected chi connectivity index (χ3v) is 4.67. The molecule has 0 N–H and O–H groups in total. The first-order valence-electron chi connectivity index (χ1n) is 7.35. The summed E-state index contributed by atoms with van der Waals surface area (Å²) < 4.78 is 0. The van der Waals surface area contributed by atoms with Crippen LogP contribution >= 0.6 is 23.4 Å². The zero-order valence-corrected chi connectivity index (χ0v) is 14.0. The molecule has 0 aliphatic carbocycles. The smallest absolute Gasteiger partial charge is 0.0406 e. The number of halogens is 1. The van der Waals surface area contributed by atoms with Crippen molar-refractivity contribution in [3.8, 4) is 22.3 Å². The maximum absolute atomic E-state index is 5.94. The maximum Gasteiger partial charge on any atom is 0.0406 e. The summed E-state index contributed by atoms with van der Waals surface area (Å²) in [7, 11) is 0. The number of thioether (sulfide) groups is 1. The molecule has 0 spiro atoms. The largest absolute Gasteiger partial charge is 0.126 e. The van der Waals surface area contributed by atoms with Gasteiger partial charge in [-0.1, -0.05) is 67.1 Å². The highest BCUT2D eigenvalue weighted by Crippen LogP contribution is 2.28. The molecule has 0 saturated heterocycles. The standard InChI is InChI=1S/C20H17ClS/c1-2-22-20-5-3-4-18(14-20)17-8-6-15(7-9-17)16-10-12-19(21)13-11-16/h3-14H,2H2,1H3. The fourth-order valence-corrected chi connectivity index (χ4v) is 3.27. The van der Waals surface area contributed by atoms with Crippen molar-refractivity contribution in [3.05, 3.63) is 77.8 Å². The Hall–Kier alpha value is -1.70. The Bertz CT molecular complexity index is 745. The van der Waals surface area contributed by atoms with E-state index in [0.717, 1.165) is 10.8 Å². The lowest BCUT2D eigenvalue weighted by atomic mass is 10.0. The van der Waals surface area contributed by atoms with Crippen LogP contribution in [-0.4, -0.2) is 5.75 Å². The van der Waals surface area contributed by atoms with Gasteiger partial charge < -0.3 is 0 Å². The molecule has 0 heterocycles. The van der Waals surface area contributed by atoms with E-state index >= 15 is 0 Å². The molecule has 0 nitrogen and oxygen atoms in total. The topological polar surface area (TPSA) is 0 Å². The molecule has 0 aliphatic rings. The Labute approximate surface area is 141 Å². The lowest BCUT2D eigenvalue weighted by Gasteiger charge is -2.07. The van der Waals surface area contributed by atoms with Crippen LogP contribution in [-0.2, 0) is 0 Å². The predicted molar refractivity (Wildman–Crippen MR) is 98.7 cm³/mol. The van der Waals surface area contributed by atoms with Crippen molar-refractivity contribution in [1.29, 1.82) is 0 Å². The minimum Gasteiger partial charge on any atom is -0.126 e. The minimum atomic E-state index is 0.769. The van der Waals surface area contributed by atoms with Gasteiger partial charge in [0.25, 0.3) is 0 Å². The van der Waals surface area contributed by atoms with Gasteiger partial charge in [-0.25, -0.2) is 0 Å². The highest BCUT2D eigenvalue weighted by atomic mass is 35.5. The van der Waals surface area contributed by atoms with Crippen LogP contribution < -0.4 is 0 Å². The second-order valence-electron chi connectivity index (χ2n) is 5.05. The average Bonchev–Trinajstić information content (AvgIpc) is 2.56. The van der Waals surface area contributed by atoms with E-state index in [4.69, 9.17) is 11.6 Å². The Balaban J connectivity index is 1.87. The first kappa shape index (κ1) is 15.2. The van der Waals surface area contributed by atoms with E-state index in [-0.39, 0.29) is 0 Å². The van der Waals surface area contributed by atoms with E-state index in [1.807, 2.05) is 23.9 Å². The van der Waals surface area contributed by atoms with Gasteiger partial charge in [0.2, 0.25) is 0 Å². The zero-order chi connectivity index (χ0) is 15.4. The molecule has 0 fully saturated rings. The molecule has 0 saturated carbocycles. The minimum absolute atomic E-state index is 0.769. The number of benzene rings is 3. The fraction of sp³-hybridized carbons (Fsp3) is 0.100. The van der Waals surface area contributed by atoms with Crippen molar-refractivity contribution in [2.45, 2.75) is 11.8 Å². The number of hydrogen-bond acceptors (Lipinski definition) is 1. The van der Waals surface area contributed by atoms with Gasteiger partial charge in [-0.05, 0) is 52.3 Å². The third kappa shape index (κ3) is 3.55. The van der Waals surface area contributed by atoms with Crippen LogP contribution in [0.15, 0.2) is 77.7 Å². The quantitative estimate of drug-likeness (QED) is 0.476. The van der Waals surface area contributed by atoms with Crippen LogP contribution in [0.5, 0.6) is 0 Å². The molecule has 0 radical (unpaired) electrons. The van der Waals surface area contributed by atoms with Crippen molar-refractivity contribution in [3.63, 3.8) is 0 Å². The molecule has 0 aromatic heterocycles. The van der Waals surface area contributed by atoms with Gasteiger partial charge in [-0.3, -0.25) is 0 Å². The SMILES string of the molecule is CCSc1cccc(-c2ccc(-c3ccc(Cl)cc3)cc2)c1. The zero-order valence-electron chi connectivity index (χ0n) is 12.4. The number of hydrogen-bond donors (Lipinski definition) is 0. The molecule has 2 heteroatoms. The van der Waals surface area contributed by atoms with Crippen LogP contribution in [0.25, 0.3) is 22.3 Å². The van der Waals surface area contributed by atoms with Crippen LogP contribution in [0.4, 0.5) is 0 Å². The van der Waals surface area contributed by atoms with Crippen molar-refractivity contribution in [1.82, 2.24) is 0 Å². The van der Waals surface area contributed by atoms with Crippen molar-refractivity contribution in [2.24, 2.45) is 0 Å². The van der Waals surface area contributed by atoms with E-state index in [1.54, 1.807) is 0 Å². The highest BCUT2D eigenvalue weighted by Gasteiger charge is 2.02. The van der Waals surface area contributed by atoms with Crippen molar-refractivity contribution >= 4 is 23.4 Å². The molecule has 3 aromatic rings. The van der Waals surface area contributed by atoms with Crippen molar-refractivity contribution < 1.29 is 0 Å². The van der Waals surface area contributed by atoms with E-state index in [0.29, 0.717) is 0 Å². The normalized spacial score (nSPS) is 10.6. The highest BCUT2D eigenvalue weighted by molar-refractivity contribution is 7.99. The molecular weight excluding hydrogens is 308 g/mol. The molecule has 3 rings (SSSR count). The molecular formula is C20H17ClS. The van der Waals surface area contributed by atoms with Crippen LogP contribution in [0, 0.1) is 0 Å². The van der Waals surface area contributed by atoms with Crippen LogP contribution in [0.2, 0.25) is 5.02 Å². The van der Waals surface area contributed by atoms with Gasteiger partial charge in [0.15, 0.2) is 0 Å². The summed E-state index contributed by atoms with van der Waals surface area (Å²) in [6.07, 6.45) is 0. The predicted octanol–water partition coefficient (Wildman–Crippen LogP) is 6.79. The van der Waals surface area contributed by atoms with Gasteiger partial charge in [-0.2, -0.15) is 0 Å². The first-order chi connectivity index (χ1) is 10.8. The second-order valence-corrected chi connectivity index (χ2v) is 6.82. The van der Waals surface area contributed by atoms with Crippen molar-refractivity contribution in [2.75, 3.05) is 5.75 Å². The Morgan fingerprint density at radius 3 is 1.86 bits per heavy atom. The molecule has 0 bridgehead atoms. The molecule has 0 amide bonds. The summed E-state index contributed by atoms with van der Waals surface area (Å²) in [6, 6.07) is 25.4. The summed E-state index contributed by atoms with van der Waals surface area (Å²) in [4.78, 5) is 1.32. The summed E-state index contributed by atoms with van der Waals surface area (Å²) in [5.41, 5.74) is 4.91. The van der Waals surface area contributed by atoms with E-state index in [9.17, 15) is 0 Å². The van der Waals surface area contributed by atoms with E-state index in [2.05, 4.69) is 67.6 Å². The lowest BCUT2D eigenvalue weighted by molar-refractivity contribution is 1.42. The molecule has 0 aliphatic heterocycles. The average molecular weight is 325 g/mol. The first-order valence-corrected chi connectivity index (χ1v) is 8.72. The Kier molecular flexibility index (Phi) is 4.87. The van der Waals surface area contributed by atoms with Gasteiger partial charge in [0, 0.05) is 9.92 Å². The van der Waals surface area contributed by atoms with Gasteiger partial charge in [0.1, 0.15) is 0 Å². The number of rotatable bonds is 4. The Morgan fingerprint density at radius 2 is 1.27 bits per heavy atom. The van der Waals surface area contributed by atoms with Gasteiger partial charge in [0.05, 0.1) is 0 Å². The lowest BCUT2D eigenvalue weighted by Crippen LogP contribution is -1.81. The molecule has 0 unspecified atom stereocenters. The summed E-state index contributed by atoms with van der Waals surface area (Å²) >= 11 is 7.82. The second kappa shape index (κ2) is 7.04. The summed E-state index contributed by atoms with van der Waals surface area (Å²) in [6.45, 7) is 2.18. The fourth-order valence-electron chi connectivity index (χ4n) is 2.43. The van der Waals surface area contributed by atoms with Gasteiger partial charge in [-0.15, -0.1) is 11.8 Å². The van der Waals surface area contributed by atoms with E-state index in [1.165, 1.54) is 27.1 Å². The van der Waals surface area contributed by atoms with Gasteiger partial charge >= 0.3 is 0 Å². The molecule has 110 valence electrons. The summed E-state index contributed by atoms with van der Waals surface area (Å²) in [5, 5.41) is 0.769.